The van der Waals surface area contributed by atoms with Gasteiger partial charge in [-0.3, -0.25) is 9.69 Å². The molecule has 0 radical (unpaired) electrons. The summed E-state index contributed by atoms with van der Waals surface area (Å²) in [6, 6.07) is 16.8. The smallest absolute Gasteiger partial charge is 0.231 e. The molecule has 1 amide bonds. The van der Waals surface area contributed by atoms with Crippen molar-refractivity contribution in [3.8, 4) is 17.6 Å². The number of rotatable bonds is 5. The summed E-state index contributed by atoms with van der Waals surface area (Å²) in [6.07, 6.45) is 0.188. The van der Waals surface area contributed by atoms with Crippen LogP contribution < -0.4 is 9.47 Å². The lowest BCUT2D eigenvalue weighted by atomic mass is 9.85. The first-order valence-electron chi connectivity index (χ1n) is 10.1. The normalized spacial score (nSPS) is 23.0. The van der Waals surface area contributed by atoms with Gasteiger partial charge in [0.1, 0.15) is 11.5 Å². The number of nitriles is 1. The number of hydrogen-bond acceptors (Lipinski definition) is 6. The van der Waals surface area contributed by atoms with Crippen LogP contribution in [0.25, 0.3) is 0 Å². The van der Waals surface area contributed by atoms with E-state index in [9.17, 15) is 15.2 Å². The van der Waals surface area contributed by atoms with Crippen LogP contribution in [0.3, 0.4) is 0 Å². The number of aliphatic hydroxyl groups is 1. The van der Waals surface area contributed by atoms with Gasteiger partial charge in [-0.1, -0.05) is 24.3 Å². The Morgan fingerprint density at radius 3 is 2.39 bits per heavy atom. The summed E-state index contributed by atoms with van der Waals surface area (Å²) in [5.74, 6) is 1.13. The summed E-state index contributed by atoms with van der Waals surface area (Å²) < 4.78 is 10.9. The van der Waals surface area contributed by atoms with Gasteiger partial charge in [0.05, 0.1) is 35.6 Å². The minimum Gasteiger partial charge on any atom is -0.497 e. The molecule has 160 valence electrons. The molecule has 1 N–H and O–H groups in total. The summed E-state index contributed by atoms with van der Waals surface area (Å²) in [5.41, 5.74) is 0.487. The highest BCUT2D eigenvalue weighted by Crippen LogP contribution is 2.51. The highest BCUT2D eigenvalue weighted by molar-refractivity contribution is 8.03. The molecule has 0 saturated carbocycles. The van der Waals surface area contributed by atoms with Crippen LogP contribution in [0.4, 0.5) is 0 Å². The van der Waals surface area contributed by atoms with E-state index in [1.807, 2.05) is 38.1 Å². The van der Waals surface area contributed by atoms with Crippen LogP contribution in [0.2, 0.25) is 0 Å². The number of thioether (sulfide) groups is 1. The van der Waals surface area contributed by atoms with Crippen LogP contribution in [0.1, 0.15) is 37.3 Å². The Morgan fingerprint density at radius 1 is 1.16 bits per heavy atom. The Balaban J connectivity index is 1.69. The van der Waals surface area contributed by atoms with Crippen molar-refractivity contribution in [1.82, 2.24) is 4.90 Å². The molecule has 2 atom stereocenters. The molecule has 7 heteroatoms. The Morgan fingerprint density at radius 2 is 1.81 bits per heavy atom. The molecule has 2 heterocycles. The third-order valence-electron chi connectivity index (χ3n) is 5.52. The third kappa shape index (κ3) is 3.78. The number of carbonyl (C=O) groups is 1. The van der Waals surface area contributed by atoms with E-state index in [1.165, 1.54) is 16.7 Å². The number of amides is 1. The van der Waals surface area contributed by atoms with Crippen molar-refractivity contribution in [2.75, 3.05) is 12.9 Å². The highest BCUT2D eigenvalue weighted by atomic mass is 32.2. The van der Waals surface area contributed by atoms with Crippen molar-refractivity contribution in [2.24, 2.45) is 0 Å². The maximum Gasteiger partial charge on any atom is 0.231 e. The average molecular weight is 437 g/mol. The molecule has 2 aliphatic rings. The van der Waals surface area contributed by atoms with Gasteiger partial charge in [0.15, 0.2) is 5.72 Å². The van der Waals surface area contributed by atoms with Gasteiger partial charge >= 0.3 is 0 Å². The number of ether oxygens (including phenoxy) is 2. The van der Waals surface area contributed by atoms with Gasteiger partial charge in [-0.25, -0.2) is 0 Å². The molecule has 2 aliphatic heterocycles. The average Bonchev–Trinajstić information content (AvgIpc) is 3.13. The topological polar surface area (TPSA) is 82.8 Å². The van der Waals surface area contributed by atoms with E-state index in [4.69, 9.17) is 9.47 Å². The van der Waals surface area contributed by atoms with Gasteiger partial charge in [-0.15, -0.1) is 11.8 Å². The second kappa shape index (κ2) is 8.29. The fourth-order valence-electron chi connectivity index (χ4n) is 4.03. The molecule has 2 aromatic carbocycles. The zero-order chi connectivity index (χ0) is 22.2. The zero-order valence-corrected chi connectivity index (χ0v) is 18.5. The van der Waals surface area contributed by atoms with Gasteiger partial charge in [-0.05, 0) is 43.7 Å². The third-order valence-corrected chi connectivity index (χ3v) is 6.74. The minimum atomic E-state index is -1.49. The number of fused-ring (bicyclic) bond motifs is 1. The predicted octanol–water partition coefficient (Wildman–Crippen LogP) is 4.13. The number of benzene rings is 2. The summed E-state index contributed by atoms with van der Waals surface area (Å²) in [5, 5.41) is 22.0. The van der Waals surface area contributed by atoms with E-state index < -0.39 is 5.72 Å². The van der Waals surface area contributed by atoms with Crippen molar-refractivity contribution in [1.29, 1.82) is 5.26 Å². The molecule has 1 fully saturated rings. The first-order valence-corrected chi connectivity index (χ1v) is 11.1. The summed E-state index contributed by atoms with van der Waals surface area (Å²) in [7, 11) is 1.57. The number of nitrogens with zero attached hydrogens (tertiary/aromatic N) is 2. The van der Waals surface area contributed by atoms with E-state index in [2.05, 4.69) is 6.07 Å². The van der Waals surface area contributed by atoms with E-state index in [0.717, 1.165) is 11.3 Å². The Kier molecular flexibility index (Phi) is 5.69. The summed E-state index contributed by atoms with van der Waals surface area (Å²) >= 11 is 1.34. The number of allylic oxidation sites excluding steroid dienone is 1. The molecule has 2 unspecified atom stereocenters. The lowest BCUT2D eigenvalue weighted by molar-refractivity contribution is -0.149. The first kappa shape index (κ1) is 21.3. The number of hydrogen-bond donors (Lipinski definition) is 1. The molecule has 0 aliphatic carbocycles. The number of carbonyl (C=O) groups excluding carboxylic acids is 1. The maximum atomic E-state index is 13.2. The standard InChI is InChI=1S/C24H24N2O4S/c1-15(2)30-19-8-4-16(5-9-19)20-12-22(27)26-23(21(20)13-25)31-14-24(26,28)17-6-10-18(29-3)11-7-17/h4-11,15,20,28H,12,14H2,1-3H3. The van der Waals surface area contributed by atoms with Crippen LogP contribution in [0.5, 0.6) is 11.5 Å². The van der Waals surface area contributed by atoms with Crippen LogP contribution in [0, 0.1) is 11.3 Å². The molecule has 2 aromatic rings. The molecule has 31 heavy (non-hydrogen) atoms. The molecule has 4 rings (SSSR count). The van der Waals surface area contributed by atoms with Gasteiger partial charge in [0, 0.05) is 17.9 Å². The van der Waals surface area contributed by atoms with E-state index in [-0.39, 0.29) is 30.1 Å². The van der Waals surface area contributed by atoms with Crippen molar-refractivity contribution in [2.45, 2.75) is 38.0 Å². The van der Waals surface area contributed by atoms with Gasteiger partial charge in [0.25, 0.3) is 0 Å². The van der Waals surface area contributed by atoms with Crippen LogP contribution in [0.15, 0.2) is 59.1 Å². The minimum absolute atomic E-state index is 0.0676. The Hall–Kier alpha value is -2.95. The van der Waals surface area contributed by atoms with E-state index >= 15 is 0 Å². The summed E-state index contributed by atoms with van der Waals surface area (Å²) in [4.78, 5) is 14.6. The predicted molar refractivity (Wildman–Crippen MR) is 118 cm³/mol. The monoisotopic (exact) mass is 436 g/mol. The lowest BCUT2D eigenvalue weighted by Gasteiger charge is -2.38. The van der Waals surface area contributed by atoms with Crippen molar-refractivity contribution >= 4 is 17.7 Å². The van der Waals surface area contributed by atoms with Crippen molar-refractivity contribution < 1.29 is 19.4 Å². The molecule has 6 nitrogen and oxygen atoms in total. The van der Waals surface area contributed by atoms with Crippen molar-refractivity contribution in [3.05, 3.63) is 70.3 Å². The quantitative estimate of drug-likeness (QED) is 0.759. The molecule has 0 bridgehead atoms. The van der Waals surface area contributed by atoms with Gasteiger partial charge < -0.3 is 14.6 Å². The summed E-state index contributed by atoms with van der Waals surface area (Å²) in [6.45, 7) is 3.92. The fourth-order valence-corrected chi connectivity index (χ4v) is 5.39. The molecular weight excluding hydrogens is 412 g/mol. The molecule has 1 saturated heterocycles. The SMILES string of the molecule is COc1ccc(C2(O)CSC3=C(C#N)C(c4ccc(OC(C)C)cc4)CC(=O)N32)cc1. The van der Waals surface area contributed by atoms with Crippen molar-refractivity contribution in [3.63, 3.8) is 0 Å². The Labute approximate surface area is 186 Å². The van der Waals surface area contributed by atoms with Gasteiger partial charge in [-0.2, -0.15) is 5.26 Å². The highest BCUT2D eigenvalue weighted by Gasteiger charge is 2.51. The van der Waals surface area contributed by atoms with Crippen LogP contribution in [-0.2, 0) is 10.5 Å². The molecular formula is C24H24N2O4S. The van der Waals surface area contributed by atoms with E-state index in [1.54, 1.807) is 31.4 Å². The lowest BCUT2D eigenvalue weighted by Crippen LogP contribution is -2.48. The van der Waals surface area contributed by atoms with Crippen LogP contribution >= 0.6 is 11.8 Å². The Bertz CT molecular complexity index is 1060. The second-order valence-electron chi connectivity index (χ2n) is 7.89. The maximum absolute atomic E-state index is 13.2. The van der Waals surface area contributed by atoms with Crippen LogP contribution in [-0.4, -0.2) is 34.9 Å². The fraction of sp³-hybridized carbons (Fsp3) is 0.333. The first-order chi connectivity index (χ1) is 14.9. The molecule has 0 spiro atoms. The molecule has 0 aromatic heterocycles. The second-order valence-corrected chi connectivity index (χ2v) is 8.85. The van der Waals surface area contributed by atoms with E-state index in [0.29, 0.717) is 21.9 Å². The number of methoxy groups -OCH3 is 1. The van der Waals surface area contributed by atoms with Gasteiger partial charge in [0.2, 0.25) is 5.91 Å². The zero-order valence-electron chi connectivity index (χ0n) is 17.7. The largest absolute Gasteiger partial charge is 0.497 e.